The highest BCUT2D eigenvalue weighted by Gasteiger charge is 2.21. The van der Waals surface area contributed by atoms with Gasteiger partial charge >= 0.3 is 6.09 Å². The van der Waals surface area contributed by atoms with E-state index in [0.717, 1.165) is 0 Å². The summed E-state index contributed by atoms with van der Waals surface area (Å²) in [5, 5.41) is 6.66. The van der Waals surface area contributed by atoms with Gasteiger partial charge < -0.3 is 15.0 Å². The van der Waals surface area contributed by atoms with E-state index in [0.29, 0.717) is 31.9 Å². The topological polar surface area (TPSA) is 76.5 Å². The minimum absolute atomic E-state index is 0.0925. The molecule has 0 radical (unpaired) electrons. The van der Waals surface area contributed by atoms with E-state index in [9.17, 15) is 9.59 Å². The molecule has 1 saturated heterocycles. The van der Waals surface area contributed by atoms with Crippen LogP contribution in [0.2, 0.25) is 0 Å². The average Bonchev–Trinajstić information content (AvgIpc) is 2.96. The number of nitrogens with zero attached hydrogens (tertiary/aromatic N) is 3. The summed E-state index contributed by atoms with van der Waals surface area (Å²) in [7, 11) is 0. The number of cyclic esters (lactones) is 1. The lowest BCUT2D eigenvalue weighted by molar-refractivity contribution is -0.113. The smallest absolute Gasteiger partial charge is 0.410 e. The van der Waals surface area contributed by atoms with E-state index in [1.54, 1.807) is 15.8 Å². The maximum Gasteiger partial charge on any atom is 0.410 e. The lowest BCUT2D eigenvalue weighted by Gasteiger charge is -2.11. The Morgan fingerprint density at radius 2 is 2.39 bits per heavy atom. The molecule has 1 N–H and O–H groups in total. The summed E-state index contributed by atoms with van der Waals surface area (Å²) < 4.78 is 6.46. The van der Waals surface area contributed by atoms with Gasteiger partial charge in [-0.05, 0) is 0 Å². The van der Waals surface area contributed by atoms with Crippen LogP contribution in [-0.2, 0) is 16.1 Å². The third-order valence-electron chi connectivity index (χ3n) is 2.48. The zero-order valence-electron chi connectivity index (χ0n) is 9.63. The van der Waals surface area contributed by atoms with Crippen molar-refractivity contribution in [3.05, 3.63) is 12.4 Å². The molecule has 0 aliphatic carbocycles. The molecule has 2 rings (SSSR count). The summed E-state index contributed by atoms with van der Waals surface area (Å²) in [5.41, 5.74) is 0.588. The third-order valence-corrected chi connectivity index (χ3v) is 2.73. The van der Waals surface area contributed by atoms with Crippen molar-refractivity contribution in [3.63, 3.8) is 0 Å². The predicted molar refractivity (Wildman–Crippen MR) is 64.5 cm³/mol. The number of nitrogens with one attached hydrogen (secondary N) is 1. The van der Waals surface area contributed by atoms with Crippen LogP contribution in [0.4, 0.5) is 10.5 Å². The van der Waals surface area contributed by atoms with E-state index < -0.39 is 0 Å². The predicted octanol–water partition coefficient (Wildman–Crippen LogP) is 0.513. The molecule has 0 atom stereocenters. The molecule has 18 heavy (non-hydrogen) atoms. The average molecular weight is 273 g/mol. The molecule has 0 aromatic carbocycles. The first kappa shape index (κ1) is 12.7. The number of rotatable bonds is 5. The van der Waals surface area contributed by atoms with Crippen molar-refractivity contribution < 1.29 is 14.3 Å². The van der Waals surface area contributed by atoms with Gasteiger partial charge in [-0.15, -0.1) is 11.6 Å². The number of hydrogen-bond donors (Lipinski definition) is 1. The summed E-state index contributed by atoms with van der Waals surface area (Å²) in [6, 6.07) is 0. The summed E-state index contributed by atoms with van der Waals surface area (Å²) in [4.78, 5) is 23.8. The molecule has 2 heterocycles. The highest BCUT2D eigenvalue weighted by atomic mass is 35.5. The van der Waals surface area contributed by atoms with Gasteiger partial charge in [-0.1, -0.05) is 0 Å². The molecule has 8 heteroatoms. The van der Waals surface area contributed by atoms with Gasteiger partial charge in [0.25, 0.3) is 0 Å². The highest BCUT2D eigenvalue weighted by molar-refractivity contribution is 6.29. The lowest BCUT2D eigenvalue weighted by atomic mass is 10.5. The fraction of sp³-hybridized carbons (Fsp3) is 0.500. The van der Waals surface area contributed by atoms with Crippen LogP contribution in [0.15, 0.2) is 12.4 Å². The van der Waals surface area contributed by atoms with Crippen LogP contribution in [0.25, 0.3) is 0 Å². The number of alkyl halides is 1. The van der Waals surface area contributed by atoms with Crippen LogP contribution in [-0.4, -0.2) is 52.3 Å². The van der Waals surface area contributed by atoms with E-state index in [4.69, 9.17) is 16.3 Å². The number of ether oxygens (including phenoxy) is 1. The van der Waals surface area contributed by atoms with Crippen LogP contribution >= 0.6 is 11.6 Å². The minimum Gasteiger partial charge on any atom is -0.448 e. The molecule has 2 amide bonds. The zero-order valence-corrected chi connectivity index (χ0v) is 10.4. The zero-order chi connectivity index (χ0) is 13.0. The van der Waals surface area contributed by atoms with Gasteiger partial charge in [0, 0.05) is 12.7 Å². The second-order valence-corrected chi connectivity index (χ2v) is 4.04. The number of hydrogen-bond acceptors (Lipinski definition) is 4. The van der Waals surface area contributed by atoms with Crippen molar-refractivity contribution in [3.8, 4) is 0 Å². The van der Waals surface area contributed by atoms with Crippen LogP contribution in [0.5, 0.6) is 0 Å². The summed E-state index contributed by atoms with van der Waals surface area (Å²) in [6.45, 7) is 2.13. The van der Waals surface area contributed by atoms with Gasteiger partial charge in [0.2, 0.25) is 5.91 Å². The van der Waals surface area contributed by atoms with Crippen LogP contribution in [0.3, 0.4) is 0 Å². The molecule has 1 aliphatic heterocycles. The standard InChI is InChI=1S/C10H13ClN4O3/c11-5-9(16)13-8-6-12-15(7-8)2-1-14-3-4-18-10(14)17/h6-7H,1-5H2,(H,13,16). The maximum absolute atomic E-state index is 11.2. The highest BCUT2D eigenvalue weighted by Crippen LogP contribution is 2.07. The van der Waals surface area contributed by atoms with Crippen molar-refractivity contribution in [1.82, 2.24) is 14.7 Å². The molecule has 98 valence electrons. The number of anilines is 1. The van der Waals surface area contributed by atoms with Crippen molar-refractivity contribution in [2.24, 2.45) is 0 Å². The molecule has 0 unspecified atom stereocenters. The molecule has 1 aromatic rings. The van der Waals surface area contributed by atoms with E-state index in [2.05, 4.69) is 10.4 Å². The molecule has 0 spiro atoms. The van der Waals surface area contributed by atoms with Gasteiger partial charge in [-0.3, -0.25) is 9.48 Å². The largest absolute Gasteiger partial charge is 0.448 e. The van der Waals surface area contributed by atoms with Gasteiger partial charge in [0.05, 0.1) is 25.0 Å². The lowest BCUT2D eigenvalue weighted by Crippen LogP contribution is -2.28. The SMILES string of the molecule is O=C(CCl)Nc1cnn(CCN2CCOC2=O)c1. The second-order valence-electron chi connectivity index (χ2n) is 3.78. The van der Waals surface area contributed by atoms with Gasteiger partial charge in [-0.25, -0.2) is 4.79 Å². The Labute approximate surface area is 109 Å². The molecular weight excluding hydrogens is 260 g/mol. The Morgan fingerprint density at radius 1 is 1.56 bits per heavy atom. The van der Waals surface area contributed by atoms with Crippen molar-refractivity contribution in [1.29, 1.82) is 0 Å². The monoisotopic (exact) mass is 272 g/mol. The molecule has 1 aliphatic rings. The Morgan fingerprint density at radius 3 is 3.06 bits per heavy atom. The maximum atomic E-state index is 11.2. The van der Waals surface area contributed by atoms with Crippen LogP contribution < -0.4 is 5.32 Å². The number of carbonyl (C=O) groups excluding carboxylic acids is 2. The first-order chi connectivity index (χ1) is 8.69. The summed E-state index contributed by atoms with van der Waals surface area (Å²) in [6.07, 6.45) is 2.93. The summed E-state index contributed by atoms with van der Waals surface area (Å²) >= 11 is 5.37. The van der Waals surface area contributed by atoms with E-state index in [-0.39, 0.29) is 17.9 Å². The fourth-order valence-electron chi connectivity index (χ4n) is 1.60. The third kappa shape index (κ3) is 3.13. The minimum atomic E-state index is -0.294. The number of halogens is 1. The van der Waals surface area contributed by atoms with Gasteiger partial charge in [-0.2, -0.15) is 5.10 Å². The molecule has 0 bridgehead atoms. The first-order valence-corrected chi connectivity index (χ1v) is 6.02. The van der Waals surface area contributed by atoms with E-state index in [1.165, 1.54) is 6.20 Å². The Kier molecular flexibility index (Phi) is 4.03. The van der Waals surface area contributed by atoms with Crippen molar-refractivity contribution in [2.75, 3.05) is 30.9 Å². The Hall–Kier alpha value is -1.76. The number of carbonyl (C=O) groups is 2. The van der Waals surface area contributed by atoms with Crippen molar-refractivity contribution in [2.45, 2.75) is 6.54 Å². The van der Waals surface area contributed by atoms with E-state index >= 15 is 0 Å². The Balaban J connectivity index is 1.83. The normalized spacial score (nSPS) is 14.7. The quantitative estimate of drug-likeness (QED) is 0.793. The fourth-order valence-corrected chi connectivity index (χ4v) is 1.66. The van der Waals surface area contributed by atoms with E-state index in [1.807, 2.05) is 0 Å². The number of aromatic nitrogens is 2. The molecule has 0 saturated carbocycles. The molecule has 1 aromatic heterocycles. The molecule has 1 fully saturated rings. The van der Waals surface area contributed by atoms with Gasteiger partial charge in [0.15, 0.2) is 0 Å². The molecule has 7 nitrogen and oxygen atoms in total. The Bertz CT molecular complexity index is 448. The van der Waals surface area contributed by atoms with Crippen LogP contribution in [0.1, 0.15) is 0 Å². The van der Waals surface area contributed by atoms with Gasteiger partial charge in [0.1, 0.15) is 12.5 Å². The van der Waals surface area contributed by atoms with Crippen molar-refractivity contribution >= 4 is 29.3 Å². The first-order valence-electron chi connectivity index (χ1n) is 5.49. The number of amides is 2. The summed E-state index contributed by atoms with van der Waals surface area (Å²) in [5.74, 6) is -0.371. The molecular formula is C10H13ClN4O3. The van der Waals surface area contributed by atoms with Crippen LogP contribution in [0, 0.1) is 0 Å². The second kappa shape index (κ2) is 5.72.